The Bertz CT molecular complexity index is 298. The van der Waals surface area contributed by atoms with Crippen molar-refractivity contribution in [3.05, 3.63) is 35.9 Å². The molecule has 0 aromatic heterocycles. The summed E-state index contributed by atoms with van der Waals surface area (Å²) in [6.07, 6.45) is 0.945. The molecule has 0 fully saturated rings. The summed E-state index contributed by atoms with van der Waals surface area (Å²) in [4.78, 5) is 11.0. The number of hydrogen-bond donors (Lipinski definition) is 1. The topological polar surface area (TPSA) is 38.3 Å². The van der Waals surface area contributed by atoms with E-state index in [9.17, 15) is 4.79 Å². The fraction of sp³-hybridized carbons (Fsp3) is 0.417. The molecule has 1 rings (SSSR count). The molecule has 0 aliphatic rings. The summed E-state index contributed by atoms with van der Waals surface area (Å²) in [5.41, 5.74) is 1.20. The Kier molecular flexibility index (Phi) is 4.84. The van der Waals surface area contributed by atoms with Crippen LogP contribution in [0.4, 0.5) is 0 Å². The molecule has 0 unspecified atom stereocenters. The van der Waals surface area contributed by atoms with E-state index in [1.165, 1.54) is 12.7 Å². The Labute approximate surface area is 90.4 Å². The molecule has 3 nitrogen and oxygen atoms in total. The van der Waals surface area contributed by atoms with E-state index < -0.39 is 0 Å². The van der Waals surface area contributed by atoms with Crippen molar-refractivity contribution in [3.63, 3.8) is 0 Å². The van der Waals surface area contributed by atoms with E-state index >= 15 is 0 Å². The zero-order chi connectivity index (χ0) is 11.1. The number of rotatable bonds is 5. The van der Waals surface area contributed by atoms with E-state index in [1.54, 1.807) is 0 Å². The smallest absolute Gasteiger partial charge is 0.319 e. The van der Waals surface area contributed by atoms with Gasteiger partial charge in [0.05, 0.1) is 13.7 Å². The fourth-order valence-corrected chi connectivity index (χ4v) is 1.46. The SMILES string of the molecule is CC[C@@H](NCC(=O)OC)c1ccccc1. The third kappa shape index (κ3) is 3.72. The summed E-state index contributed by atoms with van der Waals surface area (Å²) < 4.78 is 4.58. The molecular formula is C12H17NO2. The number of benzene rings is 1. The Morgan fingerprint density at radius 3 is 2.60 bits per heavy atom. The van der Waals surface area contributed by atoms with Gasteiger partial charge in [-0.25, -0.2) is 0 Å². The number of ether oxygens (including phenoxy) is 1. The number of esters is 1. The number of nitrogens with one attached hydrogen (secondary N) is 1. The average Bonchev–Trinajstić information content (AvgIpc) is 2.31. The van der Waals surface area contributed by atoms with Gasteiger partial charge in [0.2, 0.25) is 0 Å². The van der Waals surface area contributed by atoms with Crippen molar-refractivity contribution >= 4 is 5.97 Å². The maximum Gasteiger partial charge on any atom is 0.319 e. The van der Waals surface area contributed by atoms with Crippen molar-refractivity contribution < 1.29 is 9.53 Å². The first-order valence-electron chi connectivity index (χ1n) is 5.13. The van der Waals surface area contributed by atoms with Gasteiger partial charge in [0.25, 0.3) is 0 Å². The van der Waals surface area contributed by atoms with Crippen molar-refractivity contribution in [1.82, 2.24) is 5.32 Å². The van der Waals surface area contributed by atoms with E-state index in [4.69, 9.17) is 0 Å². The first-order chi connectivity index (χ1) is 7.27. The number of methoxy groups -OCH3 is 1. The summed E-state index contributed by atoms with van der Waals surface area (Å²) in [7, 11) is 1.40. The van der Waals surface area contributed by atoms with E-state index in [2.05, 4.69) is 29.1 Å². The standard InChI is InChI=1S/C12H17NO2/c1-3-11(13-9-12(14)15-2)10-7-5-4-6-8-10/h4-8,11,13H,3,9H2,1-2H3/t11-/m1/s1. The second kappa shape index (κ2) is 6.19. The molecule has 0 heterocycles. The molecule has 1 aromatic rings. The number of carbonyl (C=O) groups excluding carboxylic acids is 1. The predicted molar refractivity (Wildman–Crippen MR) is 59.5 cm³/mol. The largest absolute Gasteiger partial charge is 0.468 e. The van der Waals surface area contributed by atoms with E-state index in [0.717, 1.165) is 6.42 Å². The van der Waals surface area contributed by atoms with Crippen LogP contribution in [0.2, 0.25) is 0 Å². The monoisotopic (exact) mass is 207 g/mol. The molecule has 0 aliphatic heterocycles. The highest BCUT2D eigenvalue weighted by atomic mass is 16.5. The Hall–Kier alpha value is -1.35. The minimum Gasteiger partial charge on any atom is -0.468 e. The molecule has 1 N–H and O–H groups in total. The third-order valence-corrected chi connectivity index (χ3v) is 2.33. The lowest BCUT2D eigenvalue weighted by Gasteiger charge is -2.16. The molecule has 0 saturated carbocycles. The molecule has 15 heavy (non-hydrogen) atoms. The fourth-order valence-electron chi connectivity index (χ4n) is 1.46. The summed E-state index contributed by atoms with van der Waals surface area (Å²) in [6.45, 7) is 2.34. The van der Waals surface area contributed by atoms with Gasteiger partial charge in [-0.3, -0.25) is 4.79 Å². The highest BCUT2D eigenvalue weighted by Crippen LogP contribution is 2.15. The maximum absolute atomic E-state index is 11.0. The van der Waals surface area contributed by atoms with Crippen molar-refractivity contribution in [2.45, 2.75) is 19.4 Å². The van der Waals surface area contributed by atoms with E-state index in [1.807, 2.05) is 18.2 Å². The Balaban J connectivity index is 2.53. The molecule has 1 aromatic carbocycles. The third-order valence-electron chi connectivity index (χ3n) is 2.33. The summed E-state index contributed by atoms with van der Waals surface area (Å²) in [5, 5.41) is 3.16. The van der Waals surface area contributed by atoms with Crippen LogP contribution in [0.3, 0.4) is 0 Å². The summed E-state index contributed by atoms with van der Waals surface area (Å²) in [5.74, 6) is -0.232. The minimum absolute atomic E-state index is 0.213. The van der Waals surface area contributed by atoms with Crippen LogP contribution in [0.1, 0.15) is 24.9 Å². The van der Waals surface area contributed by atoms with Gasteiger partial charge in [-0.15, -0.1) is 0 Å². The van der Waals surface area contributed by atoms with Crippen LogP contribution in [0, 0.1) is 0 Å². The van der Waals surface area contributed by atoms with Crippen molar-refractivity contribution in [3.8, 4) is 0 Å². The van der Waals surface area contributed by atoms with Crippen LogP contribution in [-0.2, 0) is 9.53 Å². The molecule has 0 radical (unpaired) electrons. The predicted octanol–water partition coefficient (Wildman–Crippen LogP) is 1.90. The molecule has 1 atom stereocenters. The molecule has 0 aliphatic carbocycles. The zero-order valence-corrected chi connectivity index (χ0v) is 9.19. The highest BCUT2D eigenvalue weighted by molar-refractivity contribution is 5.71. The second-order valence-corrected chi connectivity index (χ2v) is 3.33. The quantitative estimate of drug-likeness (QED) is 0.749. The molecule has 0 amide bonds. The van der Waals surface area contributed by atoms with Crippen LogP contribution in [-0.4, -0.2) is 19.6 Å². The van der Waals surface area contributed by atoms with Crippen molar-refractivity contribution in [1.29, 1.82) is 0 Å². The van der Waals surface area contributed by atoms with Crippen molar-refractivity contribution in [2.24, 2.45) is 0 Å². The lowest BCUT2D eigenvalue weighted by Crippen LogP contribution is -2.27. The summed E-state index contributed by atoms with van der Waals surface area (Å²) >= 11 is 0. The van der Waals surface area contributed by atoms with Crippen LogP contribution < -0.4 is 5.32 Å². The van der Waals surface area contributed by atoms with Crippen LogP contribution in [0.25, 0.3) is 0 Å². The molecule has 82 valence electrons. The van der Waals surface area contributed by atoms with E-state index in [0.29, 0.717) is 0 Å². The van der Waals surface area contributed by atoms with Crippen LogP contribution in [0.5, 0.6) is 0 Å². The van der Waals surface area contributed by atoms with Gasteiger partial charge in [-0.05, 0) is 12.0 Å². The second-order valence-electron chi connectivity index (χ2n) is 3.33. The normalized spacial score (nSPS) is 12.1. The molecular weight excluding hydrogens is 190 g/mol. The van der Waals surface area contributed by atoms with Crippen LogP contribution in [0.15, 0.2) is 30.3 Å². The van der Waals surface area contributed by atoms with Gasteiger partial charge < -0.3 is 10.1 Å². The average molecular weight is 207 g/mol. The first-order valence-corrected chi connectivity index (χ1v) is 5.13. The van der Waals surface area contributed by atoms with Gasteiger partial charge in [0.1, 0.15) is 0 Å². The van der Waals surface area contributed by atoms with Gasteiger partial charge in [0.15, 0.2) is 0 Å². The molecule has 0 spiro atoms. The van der Waals surface area contributed by atoms with Gasteiger partial charge in [-0.2, -0.15) is 0 Å². The lowest BCUT2D eigenvalue weighted by molar-refractivity contribution is -0.139. The number of hydrogen-bond acceptors (Lipinski definition) is 3. The lowest BCUT2D eigenvalue weighted by atomic mass is 10.1. The summed E-state index contributed by atoms with van der Waals surface area (Å²) in [6, 6.07) is 10.3. The van der Waals surface area contributed by atoms with Crippen LogP contribution >= 0.6 is 0 Å². The molecule has 0 saturated heterocycles. The zero-order valence-electron chi connectivity index (χ0n) is 9.19. The van der Waals surface area contributed by atoms with Gasteiger partial charge >= 0.3 is 5.97 Å². The number of carbonyl (C=O) groups is 1. The molecule has 0 bridgehead atoms. The van der Waals surface area contributed by atoms with E-state index in [-0.39, 0.29) is 18.6 Å². The highest BCUT2D eigenvalue weighted by Gasteiger charge is 2.09. The van der Waals surface area contributed by atoms with Gasteiger partial charge in [-0.1, -0.05) is 37.3 Å². The first kappa shape index (κ1) is 11.7. The Morgan fingerprint density at radius 1 is 1.40 bits per heavy atom. The van der Waals surface area contributed by atoms with Gasteiger partial charge in [0, 0.05) is 6.04 Å². The minimum atomic E-state index is -0.232. The molecule has 3 heteroatoms. The Morgan fingerprint density at radius 2 is 2.07 bits per heavy atom. The van der Waals surface area contributed by atoms with Crippen molar-refractivity contribution in [2.75, 3.05) is 13.7 Å². The maximum atomic E-state index is 11.0.